The molecule has 2 aromatic carbocycles. The van der Waals surface area contributed by atoms with E-state index in [1.807, 2.05) is 17.5 Å². The van der Waals surface area contributed by atoms with Gasteiger partial charge in [0.2, 0.25) is 0 Å². The molecule has 1 aliphatic heterocycles. The summed E-state index contributed by atoms with van der Waals surface area (Å²) in [5.41, 5.74) is 7.53. The second-order valence-electron chi connectivity index (χ2n) is 12.7. The fourth-order valence-corrected chi connectivity index (χ4v) is 6.70. The molecule has 5 nitrogen and oxygen atoms in total. The molecule has 2 aromatic heterocycles. The summed E-state index contributed by atoms with van der Waals surface area (Å²) < 4.78 is 0. The number of nitrogens with zero attached hydrogens (tertiary/aromatic N) is 2. The monoisotopic (exact) mass is 593 g/mol. The number of carbonyl (C=O) groups is 1. The second kappa shape index (κ2) is 13.7. The lowest BCUT2D eigenvalue weighted by atomic mass is 9.78. The van der Waals surface area contributed by atoms with E-state index in [1.54, 1.807) is 6.21 Å². The lowest BCUT2D eigenvalue weighted by Crippen LogP contribution is -2.40. The van der Waals surface area contributed by atoms with Gasteiger partial charge in [0.1, 0.15) is 0 Å². The Kier molecular flexibility index (Phi) is 9.76. The summed E-state index contributed by atoms with van der Waals surface area (Å²) in [6, 6.07) is 19.7. The number of thiazole rings is 1. The molecule has 3 heterocycles. The van der Waals surface area contributed by atoms with Crippen molar-refractivity contribution >= 4 is 23.5 Å². The fraction of sp³-hybridized carbons (Fsp3) is 0.378. The maximum Gasteiger partial charge on any atom is 0.309 e. The highest BCUT2D eigenvalue weighted by atomic mass is 32.1. The van der Waals surface area contributed by atoms with Crippen molar-refractivity contribution in [3.63, 3.8) is 0 Å². The van der Waals surface area contributed by atoms with E-state index >= 15 is 0 Å². The highest BCUT2D eigenvalue weighted by molar-refractivity contribution is 7.10. The summed E-state index contributed by atoms with van der Waals surface area (Å²) in [7, 11) is 0. The van der Waals surface area contributed by atoms with Gasteiger partial charge in [-0.3, -0.25) is 9.79 Å². The zero-order valence-corrected chi connectivity index (χ0v) is 26.5. The zero-order valence-electron chi connectivity index (χ0n) is 25.7. The number of aryl methyl sites for hydroxylation is 2. The second-order valence-corrected chi connectivity index (χ2v) is 13.6. The largest absolute Gasteiger partial charge is 0.481 e. The van der Waals surface area contributed by atoms with Gasteiger partial charge in [-0.1, -0.05) is 82.3 Å². The first-order chi connectivity index (χ1) is 20.7. The van der Waals surface area contributed by atoms with E-state index in [-0.39, 0.29) is 0 Å². The highest BCUT2D eigenvalue weighted by Crippen LogP contribution is 2.37. The van der Waals surface area contributed by atoms with Gasteiger partial charge >= 0.3 is 5.97 Å². The number of benzene rings is 2. The fourth-order valence-electron chi connectivity index (χ4n) is 5.85. The summed E-state index contributed by atoms with van der Waals surface area (Å²) in [6.07, 6.45) is 12.9. The average Bonchev–Trinajstić information content (AvgIpc) is 3.76. The minimum Gasteiger partial charge on any atom is -0.481 e. The first-order valence-electron chi connectivity index (χ1n) is 15.5. The van der Waals surface area contributed by atoms with E-state index < -0.39 is 17.4 Å². The van der Waals surface area contributed by atoms with Crippen LogP contribution in [0.2, 0.25) is 0 Å². The molecule has 5 rings (SSSR count). The van der Waals surface area contributed by atoms with Gasteiger partial charge in [-0.2, -0.15) is 0 Å². The predicted molar refractivity (Wildman–Crippen MR) is 179 cm³/mol. The van der Waals surface area contributed by atoms with E-state index in [0.717, 1.165) is 59.6 Å². The summed E-state index contributed by atoms with van der Waals surface area (Å²) >= 11 is 1.53. The molecule has 0 aliphatic carbocycles. The van der Waals surface area contributed by atoms with Crippen molar-refractivity contribution in [1.82, 2.24) is 9.97 Å². The standard InChI is InChI=1S/C37H43N3O2S/c1-25(2)16-18-37(17-5-19-39-37)32(36(41)42)22-35-40-34(24-43-35)31-14-12-30(13-15-31)33-21-29(23-38-33)11-8-27-6-9-28(10-7-27)20-26(3)4/h5-7,9-10,12-15,17,19,21,23-26,32,38H,8,11,16,18,20,22H2,1-4H3,(H,41,42). The summed E-state index contributed by atoms with van der Waals surface area (Å²) in [5, 5.41) is 13.0. The molecule has 0 saturated carbocycles. The summed E-state index contributed by atoms with van der Waals surface area (Å²) in [4.78, 5) is 25.4. The van der Waals surface area contributed by atoms with Crippen molar-refractivity contribution in [2.45, 2.75) is 71.8 Å². The maximum absolute atomic E-state index is 12.4. The van der Waals surface area contributed by atoms with Gasteiger partial charge in [0.05, 0.1) is 22.2 Å². The number of hydrogen-bond donors (Lipinski definition) is 2. The molecule has 2 unspecified atom stereocenters. The van der Waals surface area contributed by atoms with Crippen LogP contribution in [0.15, 0.2) is 83.3 Å². The SMILES string of the molecule is CC(C)CCC1(C(Cc2nc(-c3ccc(-c4cc(CCc5ccc(CC(C)C)cc5)c[nH]4)cc3)cs2)C(=O)O)C=CC=N1. The maximum atomic E-state index is 12.4. The minimum absolute atomic E-state index is 0.366. The Morgan fingerprint density at radius 1 is 0.907 bits per heavy atom. The van der Waals surface area contributed by atoms with Crippen molar-refractivity contribution in [1.29, 1.82) is 0 Å². The highest BCUT2D eigenvalue weighted by Gasteiger charge is 2.42. The molecular formula is C37H43N3O2S. The number of aliphatic imine (C=N–C) groups is 1. The van der Waals surface area contributed by atoms with Crippen LogP contribution in [0.5, 0.6) is 0 Å². The van der Waals surface area contributed by atoms with E-state index in [2.05, 4.69) is 98.5 Å². The van der Waals surface area contributed by atoms with Crippen LogP contribution >= 0.6 is 11.3 Å². The van der Waals surface area contributed by atoms with Crippen LogP contribution in [0.3, 0.4) is 0 Å². The van der Waals surface area contributed by atoms with Crippen LogP contribution in [-0.4, -0.2) is 32.8 Å². The third kappa shape index (κ3) is 7.80. The number of H-pyrrole nitrogens is 1. The normalized spacial score (nSPS) is 16.9. The van der Waals surface area contributed by atoms with Crippen molar-refractivity contribution in [2.75, 3.05) is 0 Å². The molecule has 0 spiro atoms. The molecule has 0 amide bonds. The van der Waals surface area contributed by atoms with Gasteiger partial charge in [-0.15, -0.1) is 11.3 Å². The molecule has 1 aliphatic rings. The van der Waals surface area contributed by atoms with Gasteiger partial charge < -0.3 is 10.1 Å². The number of carboxylic acids is 1. The molecule has 2 atom stereocenters. The lowest BCUT2D eigenvalue weighted by molar-refractivity contribution is -0.143. The van der Waals surface area contributed by atoms with Crippen molar-refractivity contribution in [2.24, 2.45) is 22.7 Å². The molecule has 224 valence electrons. The number of aliphatic carboxylic acids is 1. The molecule has 0 radical (unpaired) electrons. The topological polar surface area (TPSA) is 78.3 Å². The molecule has 0 fully saturated rings. The third-order valence-electron chi connectivity index (χ3n) is 8.34. The first kappa shape index (κ1) is 30.7. The quantitative estimate of drug-likeness (QED) is 0.153. The number of allylic oxidation sites excluding steroid dienone is 1. The Balaban J connectivity index is 1.21. The van der Waals surface area contributed by atoms with E-state index in [0.29, 0.717) is 18.3 Å². The Morgan fingerprint density at radius 3 is 2.26 bits per heavy atom. The third-order valence-corrected chi connectivity index (χ3v) is 9.21. The zero-order chi connectivity index (χ0) is 30.4. The van der Waals surface area contributed by atoms with Crippen molar-refractivity contribution < 1.29 is 9.90 Å². The van der Waals surface area contributed by atoms with Gasteiger partial charge in [0.15, 0.2) is 0 Å². The van der Waals surface area contributed by atoms with Crippen LogP contribution in [0.4, 0.5) is 0 Å². The van der Waals surface area contributed by atoms with Gasteiger partial charge in [0, 0.05) is 35.5 Å². The lowest BCUT2D eigenvalue weighted by Gasteiger charge is -2.31. The Labute approximate surface area is 259 Å². The average molecular weight is 594 g/mol. The predicted octanol–water partition coefficient (Wildman–Crippen LogP) is 8.85. The van der Waals surface area contributed by atoms with Crippen molar-refractivity contribution in [3.8, 4) is 22.5 Å². The number of nitrogens with one attached hydrogen (secondary N) is 1. The molecular weight excluding hydrogens is 550 g/mol. The molecule has 6 heteroatoms. The van der Waals surface area contributed by atoms with Crippen LogP contribution in [-0.2, 0) is 30.5 Å². The Bertz CT molecular complexity index is 1550. The molecule has 0 saturated heterocycles. The number of hydrogen-bond acceptors (Lipinski definition) is 4. The van der Waals surface area contributed by atoms with Gasteiger partial charge in [0.25, 0.3) is 0 Å². The van der Waals surface area contributed by atoms with Crippen LogP contribution < -0.4 is 0 Å². The van der Waals surface area contributed by atoms with Crippen molar-refractivity contribution in [3.05, 3.63) is 100 Å². The number of aromatic amines is 1. The smallest absolute Gasteiger partial charge is 0.309 e. The number of aromatic nitrogens is 2. The molecule has 2 N–H and O–H groups in total. The Hall–Kier alpha value is -3.77. The van der Waals surface area contributed by atoms with Gasteiger partial charge in [-0.25, -0.2) is 4.98 Å². The molecule has 4 aromatic rings. The number of carboxylic acid groups (broad SMARTS) is 1. The first-order valence-corrected chi connectivity index (χ1v) is 16.3. The molecule has 0 bridgehead atoms. The van der Waals surface area contributed by atoms with Crippen LogP contribution in [0.25, 0.3) is 22.5 Å². The minimum atomic E-state index is -0.821. The van der Waals surface area contributed by atoms with E-state index in [4.69, 9.17) is 4.98 Å². The summed E-state index contributed by atoms with van der Waals surface area (Å²) in [5.74, 6) is -0.303. The summed E-state index contributed by atoms with van der Waals surface area (Å²) in [6.45, 7) is 8.84. The van der Waals surface area contributed by atoms with Crippen LogP contribution in [0.1, 0.15) is 62.2 Å². The van der Waals surface area contributed by atoms with E-state index in [9.17, 15) is 9.90 Å². The number of rotatable bonds is 14. The van der Waals surface area contributed by atoms with Gasteiger partial charge in [-0.05, 0) is 78.3 Å². The Morgan fingerprint density at radius 2 is 1.60 bits per heavy atom. The van der Waals surface area contributed by atoms with Crippen LogP contribution in [0, 0.1) is 17.8 Å². The van der Waals surface area contributed by atoms with E-state index in [1.165, 1.54) is 28.0 Å². The molecule has 43 heavy (non-hydrogen) atoms.